The summed E-state index contributed by atoms with van der Waals surface area (Å²) in [6.45, 7) is 4.18. The molecule has 3 nitrogen and oxygen atoms in total. The summed E-state index contributed by atoms with van der Waals surface area (Å²) in [5.74, 6) is 0.936. The zero-order valence-corrected chi connectivity index (χ0v) is 10.6. The predicted molar refractivity (Wildman–Crippen MR) is 71.2 cm³/mol. The number of benzene rings is 1. The summed E-state index contributed by atoms with van der Waals surface area (Å²) >= 11 is 0. The molecule has 1 unspecified atom stereocenters. The smallest absolute Gasteiger partial charge is 0.202 e. The topological polar surface area (TPSA) is 29.9 Å². The number of rotatable bonds is 4. The van der Waals surface area contributed by atoms with E-state index in [2.05, 4.69) is 41.5 Å². The van der Waals surface area contributed by atoms with E-state index < -0.39 is 0 Å². The van der Waals surface area contributed by atoms with Crippen LogP contribution in [0.4, 0.5) is 5.95 Å². The summed E-state index contributed by atoms with van der Waals surface area (Å²) in [6.07, 6.45) is 3.03. The summed E-state index contributed by atoms with van der Waals surface area (Å²) in [4.78, 5) is 4.44. The van der Waals surface area contributed by atoms with Crippen molar-refractivity contribution in [2.75, 3.05) is 5.32 Å². The summed E-state index contributed by atoms with van der Waals surface area (Å²) in [5, 5.41) is 3.43. The molecule has 0 fully saturated rings. The SMILES string of the molecule is Cc1cn(C)c(NC(C)Cc2ccccc2)n1. The van der Waals surface area contributed by atoms with Crippen LogP contribution in [-0.4, -0.2) is 15.6 Å². The highest BCUT2D eigenvalue weighted by atomic mass is 15.2. The Bertz CT molecular complexity index is 473. The summed E-state index contributed by atoms with van der Waals surface area (Å²) in [5.41, 5.74) is 2.39. The summed E-state index contributed by atoms with van der Waals surface area (Å²) in [7, 11) is 2.01. The third kappa shape index (κ3) is 3.09. The maximum Gasteiger partial charge on any atom is 0.202 e. The number of aryl methyl sites for hydroxylation is 2. The van der Waals surface area contributed by atoms with Crippen LogP contribution in [0.5, 0.6) is 0 Å². The largest absolute Gasteiger partial charge is 0.353 e. The van der Waals surface area contributed by atoms with Gasteiger partial charge in [0.05, 0.1) is 5.69 Å². The van der Waals surface area contributed by atoms with Crippen molar-refractivity contribution in [3.8, 4) is 0 Å². The maximum absolute atomic E-state index is 4.44. The Morgan fingerprint density at radius 3 is 2.59 bits per heavy atom. The van der Waals surface area contributed by atoms with E-state index in [9.17, 15) is 0 Å². The van der Waals surface area contributed by atoms with Crippen LogP contribution in [-0.2, 0) is 13.5 Å². The average molecular weight is 229 g/mol. The van der Waals surface area contributed by atoms with Gasteiger partial charge in [0.15, 0.2) is 0 Å². The monoisotopic (exact) mass is 229 g/mol. The quantitative estimate of drug-likeness (QED) is 0.873. The Balaban J connectivity index is 1.98. The molecular formula is C14H19N3. The highest BCUT2D eigenvalue weighted by Crippen LogP contribution is 2.10. The van der Waals surface area contributed by atoms with Gasteiger partial charge >= 0.3 is 0 Å². The fourth-order valence-electron chi connectivity index (χ4n) is 1.99. The highest BCUT2D eigenvalue weighted by Gasteiger charge is 2.07. The molecule has 1 aromatic carbocycles. The summed E-state index contributed by atoms with van der Waals surface area (Å²) in [6, 6.07) is 10.9. The predicted octanol–water partition coefficient (Wildman–Crippen LogP) is 2.77. The van der Waals surface area contributed by atoms with Crippen LogP contribution in [0.15, 0.2) is 36.5 Å². The maximum atomic E-state index is 4.44. The molecule has 0 radical (unpaired) electrons. The van der Waals surface area contributed by atoms with Crippen LogP contribution in [0.2, 0.25) is 0 Å². The van der Waals surface area contributed by atoms with Crippen LogP contribution in [0.3, 0.4) is 0 Å². The molecule has 2 aromatic rings. The van der Waals surface area contributed by atoms with Crippen molar-refractivity contribution < 1.29 is 0 Å². The molecule has 0 saturated heterocycles. The van der Waals surface area contributed by atoms with Crippen LogP contribution in [0, 0.1) is 6.92 Å². The highest BCUT2D eigenvalue weighted by molar-refractivity contribution is 5.30. The first kappa shape index (κ1) is 11.7. The second-order valence-corrected chi connectivity index (χ2v) is 4.55. The lowest BCUT2D eigenvalue weighted by Gasteiger charge is -2.14. The van der Waals surface area contributed by atoms with E-state index in [4.69, 9.17) is 0 Å². The zero-order valence-electron chi connectivity index (χ0n) is 10.6. The molecule has 1 atom stereocenters. The van der Waals surface area contributed by atoms with Crippen LogP contribution < -0.4 is 5.32 Å². The Hall–Kier alpha value is -1.77. The van der Waals surface area contributed by atoms with E-state index in [-0.39, 0.29) is 0 Å². The van der Waals surface area contributed by atoms with Gasteiger partial charge in [-0.2, -0.15) is 0 Å². The van der Waals surface area contributed by atoms with Gasteiger partial charge < -0.3 is 9.88 Å². The molecular weight excluding hydrogens is 210 g/mol. The second kappa shape index (κ2) is 5.04. The van der Waals surface area contributed by atoms with Crippen molar-refractivity contribution in [3.05, 3.63) is 47.8 Å². The van der Waals surface area contributed by atoms with Gasteiger partial charge in [0.2, 0.25) is 5.95 Å². The van der Waals surface area contributed by atoms with Gasteiger partial charge in [-0.1, -0.05) is 30.3 Å². The van der Waals surface area contributed by atoms with Crippen LogP contribution in [0.1, 0.15) is 18.2 Å². The molecule has 0 amide bonds. The fourth-order valence-corrected chi connectivity index (χ4v) is 1.99. The minimum Gasteiger partial charge on any atom is -0.353 e. The van der Waals surface area contributed by atoms with Crippen LogP contribution >= 0.6 is 0 Å². The molecule has 0 aliphatic carbocycles. The number of nitrogens with zero attached hydrogens (tertiary/aromatic N) is 2. The molecule has 1 heterocycles. The lowest BCUT2D eigenvalue weighted by molar-refractivity contribution is 0.761. The van der Waals surface area contributed by atoms with E-state index >= 15 is 0 Å². The molecule has 0 saturated carbocycles. The van der Waals surface area contributed by atoms with Crippen LogP contribution in [0.25, 0.3) is 0 Å². The standard InChI is InChI=1S/C14H19N3/c1-11(9-13-7-5-4-6-8-13)15-14-16-12(2)10-17(14)3/h4-8,10-11H,9H2,1-3H3,(H,15,16). The van der Waals surface area contributed by atoms with E-state index in [0.29, 0.717) is 6.04 Å². The lowest BCUT2D eigenvalue weighted by Crippen LogP contribution is -2.20. The molecule has 0 aliphatic heterocycles. The Kier molecular flexibility index (Phi) is 3.47. The molecule has 2 rings (SSSR count). The molecule has 0 bridgehead atoms. The Morgan fingerprint density at radius 1 is 1.29 bits per heavy atom. The lowest BCUT2D eigenvalue weighted by atomic mass is 10.1. The number of nitrogens with one attached hydrogen (secondary N) is 1. The van der Waals surface area contributed by atoms with Crippen molar-refractivity contribution in [1.29, 1.82) is 0 Å². The van der Waals surface area contributed by atoms with Crippen molar-refractivity contribution >= 4 is 5.95 Å². The van der Waals surface area contributed by atoms with Gasteiger partial charge in [-0.05, 0) is 25.8 Å². The molecule has 1 N–H and O–H groups in total. The molecule has 17 heavy (non-hydrogen) atoms. The van der Waals surface area contributed by atoms with Gasteiger partial charge in [-0.3, -0.25) is 0 Å². The minimum absolute atomic E-state index is 0.373. The Morgan fingerprint density at radius 2 is 2.00 bits per heavy atom. The van der Waals surface area contributed by atoms with Gasteiger partial charge in [0, 0.05) is 19.3 Å². The molecule has 1 aromatic heterocycles. The van der Waals surface area contributed by atoms with E-state index in [0.717, 1.165) is 18.1 Å². The normalized spacial score (nSPS) is 12.4. The average Bonchev–Trinajstić information content (AvgIpc) is 2.58. The Labute approximate surface area is 103 Å². The molecule has 0 aliphatic rings. The third-order valence-corrected chi connectivity index (χ3v) is 2.76. The number of imidazole rings is 1. The van der Waals surface area contributed by atoms with Gasteiger partial charge in [-0.15, -0.1) is 0 Å². The molecule has 90 valence electrons. The number of aromatic nitrogens is 2. The van der Waals surface area contributed by atoms with Crippen molar-refractivity contribution in [1.82, 2.24) is 9.55 Å². The second-order valence-electron chi connectivity index (χ2n) is 4.55. The van der Waals surface area contributed by atoms with Crippen molar-refractivity contribution in [2.24, 2.45) is 7.05 Å². The fraction of sp³-hybridized carbons (Fsp3) is 0.357. The van der Waals surface area contributed by atoms with Gasteiger partial charge in [-0.25, -0.2) is 4.98 Å². The first-order chi connectivity index (χ1) is 8.15. The molecule has 0 spiro atoms. The third-order valence-electron chi connectivity index (χ3n) is 2.76. The van der Waals surface area contributed by atoms with Crippen molar-refractivity contribution in [3.63, 3.8) is 0 Å². The van der Waals surface area contributed by atoms with E-state index in [1.165, 1.54) is 5.56 Å². The minimum atomic E-state index is 0.373. The van der Waals surface area contributed by atoms with Gasteiger partial charge in [0.25, 0.3) is 0 Å². The first-order valence-corrected chi connectivity index (χ1v) is 5.95. The zero-order chi connectivity index (χ0) is 12.3. The first-order valence-electron chi connectivity index (χ1n) is 5.95. The van der Waals surface area contributed by atoms with Gasteiger partial charge in [0.1, 0.15) is 0 Å². The van der Waals surface area contributed by atoms with E-state index in [1.807, 2.05) is 30.8 Å². The summed E-state index contributed by atoms with van der Waals surface area (Å²) < 4.78 is 2.02. The van der Waals surface area contributed by atoms with Crippen molar-refractivity contribution in [2.45, 2.75) is 26.3 Å². The van der Waals surface area contributed by atoms with E-state index in [1.54, 1.807) is 0 Å². The number of hydrogen-bond donors (Lipinski definition) is 1. The number of anilines is 1. The number of hydrogen-bond acceptors (Lipinski definition) is 2. The molecule has 3 heteroatoms.